The standard InChI is InChI=1S/C21H27BO2/c1-16-11-13-18(14-12-16)19(15-17-9-7-6-8-10-17)22-23-20(2,3)21(4,5)24-22/h6-14,19H,15H2,1-5H3. The van der Waals surface area contributed by atoms with E-state index in [4.69, 9.17) is 9.31 Å². The van der Waals surface area contributed by atoms with Gasteiger partial charge in [0, 0.05) is 5.82 Å². The van der Waals surface area contributed by atoms with E-state index in [1.165, 1.54) is 16.7 Å². The lowest BCUT2D eigenvalue weighted by Gasteiger charge is -2.32. The van der Waals surface area contributed by atoms with Crippen LogP contribution in [0.3, 0.4) is 0 Å². The van der Waals surface area contributed by atoms with Crippen LogP contribution in [0.15, 0.2) is 54.6 Å². The Balaban J connectivity index is 1.92. The second kappa shape index (κ2) is 6.38. The fourth-order valence-electron chi connectivity index (χ4n) is 3.11. The molecule has 0 spiro atoms. The summed E-state index contributed by atoms with van der Waals surface area (Å²) in [7, 11) is -0.238. The molecule has 1 aliphatic rings. The minimum atomic E-state index is -0.308. The Morgan fingerprint density at radius 1 is 0.833 bits per heavy atom. The molecule has 0 aliphatic carbocycles. The van der Waals surface area contributed by atoms with Crippen LogP contribution < -0.4 is 0 Å². The van der Waals surface area contributed by atoms with Crippen LogP contribution in [0.4, 0.5) is 0 Å². The van der Waals surface area contributed by atoms with Crippen LogP contribution in [0.25, 0.3) is 0 Å². The number of rotatable bonds is 4. The quantitative estimate of drug-likeness (QED) is 0.741. The highest BCUT2D eigenvalue weighted by Gasteiger charge is 2.53. The van der Waals surface area contributed by atoms with Gasteiger partial charge in [-0.25, -0.2) is 0 Å². The van der Waals surface area contributed by atoms with Gasteiger partial charge in [-0.3, -0.25) is 0 Å². The Morgan fingerprint density at radius 3 is 1.92 bits per heavy atom. The molecule has 2 aromatic rings. The molecule has 1 saturated heterocycles. The van der Waals surface area contributed by atoms with Crippen molar-refractivity contribution in [1.29, 1.82) is 0 Å². The fourth-order valence-corrected chi connectivity index (χ4v) is 3.11. The average molecular weight is 322 g/mol. The summed E-state index contributed by atoms with van der Waals surface area (Å²) in [6.45, 7) is 10.6. The number of hydrogen-bond donors (Lipinski definition) is 0. The Labute approximate surface area is 146 Å². The third-order valence-corrected chi connectivity index (χ3v) is 5.40. The van der Waals surface area contributed by atoms with Crippen LogP contribution in [0.1, 0.15) is 50.2 Å². The molecule has 0 aromatic heterocycles. The second-order valence-corrected chi connectivity index (χ2v) is 7.83. The molecule has 0 radical (unpaired) electrons. The van der Waals surface area contributed by atoms with Crippen molar-refractivity contribution in [3.63, 3.8) is 0 Å². The first-order chi connectivity index (χ1) is 11.3. The maximum Gasteiger partial charge on any atom is 0.466 e. The third kappa shape index (κ3) is 3.43. The first-order valence-corrected chi connectivity index (χ1v) is 8.75. The molecule has 0 amide bonds. The number of hydrogen-bond acceptors (Lipinski definition) is 2. The van der Waals surface area contributed by atoms with Crippen LogP contribution in [0, 0.1) is 6.92 Å². The molecule has 0 saturated carbocycles. The Bertz CT molecular complexity index is 661. The predicted molar refractivity (Wildman–Crippen MR) is 100 cm³/mol. The van der Waals surface area contributed by atoms with Crippen molar-refractivity contribution in [2.24, 2.45) is 0 Å². The molecule has 1 aliphatic heterocycles. The molecular weight excluding hydrogens is 295 g/mol. The lowest BCUT2D eigenvalue weighted by atomic mass is 9.65. The van der Waals surface area contributed by atoms with E-state index < -0.39 is 0 Å². The Kier molecular flexibility index (Phi) is 4.59. The normalized spacial score (nSPS) is 20.1. The molecule has 0 N–H and O–H groups in total. The van der Waals surface area contributed by atoms with Crippen molar-refractivity contribution in [2.75, 3.05) is 0 Å². The van der Waals surface area contributed by atoms with Gasteiger partial charge in [0.25, 0.3) is 0 Å². The van der Waals surface area contributed by atoms with Crippen LogP contribution in [0.2, 0.25) is 0 Å². The summed E-state index contributed by atoms with van der Waals surface area (Å²) in [5.41, 5.74) is 3.22. The van der Waals surface area contributed by atoms with E-state index in [1.54, 1.807) is 0 Å². The highest BCUT2D eigenvalue weighted by Crippen LogP contribution is 2.41. The van der Waals surface area contributed by atoms with Gasteiger partial charge in [0.05, 0.1) is 11.2 Å². The van der Waals surface area contributed by atoms with Crippen LogP contribution in [-0.4, -0.2) is 18.3 Å². The van der Waals surface area contributed by atoms with Gasteiger partial charge in [-0.1, -0.05) is 60.2 Å². The number of aryl methyl sites for hydroxylation is 1. The van der Waals surface area contributed by atoms with Crippen LogP contribution in [0.5, 0.6) is 0 Å². The average Bonchev–Trinajstić information content (AvgIpc) is 2.75. The Morgan fingerprint density at radius 2 is 1.38 bits per heavy atom. The summed E-state index contributed by atoms with van der Waals surface area (Å²) in [5.74, 6) is 0.175. The lowest BCUT2D eigenvalue weighted by Crippen LogP contribution is -2.41. The highest BCUT2D eigenvalue weighted by molar-refractivity contribution is 6.47. The van der Waals surface area contributed by atoms with Gasteiger partial charge in [0.2, 0.25) is 0 Å². The van der Waals surface area contributed by atoms with Gasteiger partial charge in [-0.05, 0) is 52.2 Å². The topological polar surface area (TPSA) is 18.5 Å². The molecule has 3 heteroatoms. The van der Waals surface area contributed by atoms with E-state index in [9.17, 15) is 0 Å². The summed E-state index contributed by atoms with van der Waals surface area (Å²) in [6, 6.07) is 19.3. The molecule has 1 heterocycles. The van der Waals surface area contributed by atoms with Crippen molar-refractivity contribution in [3.05, 3.63) is 71.3 Å². The third-order valence-electron chi connectivity index (χ3n) is 5.40. The molecule has 0 bridgehead atoms. The van der Waals surface area contributed by atoms with Gasteiger partial charge < -0.3 is 9.31 Å². The van der Waals surface area contributed by atoms with Gasteiger partial charge in [0.15, 0.2) is 0 Å². The van der Waals surface area contributed by atoms with E-state index in [2.05, 4.69) is 89.2 Å². The van der Waals surface area contributed by atoms with Crippen molar-refractivity contribution < 1.29 is 9.31 Å². The second-order valence-electron chi connectivity index (χ2n) is 7.83. The van der Waals surface area contributed by atoms with Crippen molar-refractivity contribution in [1.82, 2.24) is 0 Å². The van der Waals surface area contributed by atoms with E-state index in [1.807, 2.05) is 0 Å². The lowest BCUT2D eigenvalue weighted by molar-refractivity contribution is 0.00578. The van der Waals surface area contributed by atoms with Crippen molar-refractivity contribution in [2.45, 2.75) is 58.1 Å². The van der Waals surface area contributed by atoms with Crippen LogP contribution >= 0.6 is 0 Å². The molecule has 126 valence electrons. The molecule has 1 fully saturated rings. The highest BCUT2D eigenvalue weighted by atomic mass is 16.7. The van der Waals surface area contributed by atoms with Crippen LogP contribution in [-0.2, 0) is 15.7 Å². The molecule has 24 heavy (non-hydrogen) atoms. The van der Waals surface area contributed by atoms with Gasteiger partial charge in [-0.2, -0.15) is 0 Å². The van der Waals surface area contributed by atoms with E-state index >= 15 is 0 Å². The van der Waals surface area contributed by atoms with Crippen molar-refractivity contribution in [3.8, 4) is 0 Å². The summed E-state index contributed by atoms with van der Waals surface area (Å²) in [5, 5.41) is 0. The minimum absolute atomic E-state index is 0.175. The summed E-state index contributed by atoms with van der Waals surface area (Å²) < 4.78 is 12.7. The molecule has 2 nitrogen and oxygen atoms in total. The monoisotopic (exact) mass is 322 g/mol. The molecule has 2 aromatic carbocycles. The molecular formula is C21H27BO2. The summed E-state index contributed by atoms with van der Waals surface area (Å²) in [6.07, 6.45) is 0.903. The fraction of sp³-hybridized carbons (Fsp3) is 0.429. The first kappa shape index (κ1) is 17.3. The molecule has 1 unspecified atom stereocenters. The Hall–Kier alpha value is -1.58. The molecule has 1 atom stereocenters. The smallest absolute Gasteiger partial charge is 0.403 e. The maximum atomic E-state index is 6.36. The predicted octanol–water partition coefficient (Wildman–Crippen LogP) is 4.95. The maximum absolute atomic E-state index is 6.36. The molecule has 3 rings (SSSR count). The summed E-state index contributed by atoms with van der Waals surface area (Å²) >= 11 is 0. The van der Waals surface area contributed by atoms with E-state index in [0.717, 1.165) is 6.42 Å². The van der Waals surface area contributed by atoms with Gasteiger partial charge >= 0.3 is 7.12 Å². The minimum Gasteiger partial charge on any atom is -0.403 e. The zero-order valence-electron chi connectivity index (χ0n) is 15.4. The largest absolute Gasteiger partial charge is 0.466 e. The van der Waals surface area contributed by atoms with Crippen molar-refractivity contribution >= 4 is 7.12 Å². The van der Waals surface area contributed by atoms with E-state index in [0.29, 0.717) is 0 Å². The van der Waals surface area contributed by atoms with E-state index in [-0.39, 0.29) is 24.1 Å². The van der Waals surface area contributed by atoms with Gasteiger partial charge in [0.1, 0.15) is 0 Å². The number of benzene rings is 2. The first-order valence-electron chi connectivity index (χ1n) is 8.75. The summed E-state index contributed by atoms with van der Waals surface area (Å²) in [4.78, 5) is 0. The van der Waals surface area contributed by atoms with Gasteiger partial charge in [-0.15, -0.1) is 0 Å². The SMILES string of the molecule is Cc1ccc(C(Cc2ccccc2)B2OC(C)(C)C(C)(C)O2)cc1. The zero-order valence-corrected chi connectivity index (χ0v) is 15.4. The zero-order chi connectivity index (χ0) is 17.4.